The van der Waals surface area contributed by atoms with E-state index in [1.165, 1.54) is 0 Å². The molecule has 0 saturated carbocycles. The summed E-state index contributed by atoms with van der Waals surface area (Å²) in [5, 5.41) is 6.74. The van der Waals surface area contributed by atoms with Gasteiger partial charge in [0.25, 0.3) is 0 Å². The molecule has 8 heteroatoms. The van der Waals surface area contributed by atoms with Gasteiger partial charge in [-0.2, -0.15) is 4.98 Å². The number of nitrogens with zero attached hydrogens (tertiary/aromatic N) is 3. The van der Waals surface area contributed by atoms with Crippen LogP contribution in [-0.2, 0) is 0 Å². The van der Waals surface area contributed by atoms with E-state index in [1.807, 2.05) is 0 Å². The minimum atomic E-state index is -0.583. The number of carbonyl (C=O) groups is 1. The fourth-order valence-electron chi connectivity index (χ4n) is 2.67. The Morgan fingerprint density at radius 1 is 1.50 bits per heavy atom. The molecule has 1 unspecified atom stereocenters. The molecule has 1 N–H and O–H groups in total. The summed E-state index contributed by atoms with van der Waals surface area (Å²) in [6.45, 7) is 2.25. The maximum absolute atomic E-state index is 12.4. The van der Waals surface area contributed by atoms with Crippen molar-refractivity contribution < 1.29 is 18.4 Å². The molecule has 1 aliphatic heterocycles. The van der Waals surface area contributed by atoms with Gasteiger partial charge in [0.15, 0.2) is 5.82 Å². The highest BCUT2D eigenvalue weighted by Crippen LogP contribution is 2.28. The van der Waals surface area contributed by atoms with Gasteiger partial charge in [0.1, 0.15) is 19.0 Å². The van der Waals surface area contributed by atoms with Crippen molar-refractivity contribution in [1.29, 1.82) is 0 Å². The predicted molar refractivity (Wildman–Crippen MR) is 84.9 cm³/mol. The summed E-state index contributed by atoms with van der Waals surface area (Å²) < 4.78 is 22.6. The molecule has 0 radical (unpaired) electrons. The van der Waals surface area contributed by atoms with Gasteiger partial charge in [-0.25, -0.2) is 9.18 Å². The smallest absolute Gasteiger partial charge is 0.321 e. The van der Waals surface area contributed by atoms with Crippen LogP contribution in [0.4, 0.5) is 14.9 Å². The van der Waals surface area contributed by atoms with E-state index in [4.69, 9.17) is 9.26 Å². The van der Waals surface area contributed by atoms with Gasteiger partial charge in [0, 0.05) is 25.9 Å². The van der Waals surface area contributed by atoms with Crippen LogP contribution < -0.4 is 10.1 Å². The lowest BCUT2D eigenvalue weighted by Gasteiger charge is -2.18. The average molecular weight is 334 g/mol. The number of benzene rings is 1. The number of aryl methyl sites for hydroxylation is 1. The molecular formula is C16H19FN4O3. The number of hydrogen-bond acceptors (Lipinski definition) is 5. The molecule has 7 nitrogen and oxygen atoms in total. The number of alkyl halides is 1. The summed E-state index contributed by atoms with van der Waals surface area (Å²) >= 11 is 0. The Bertz CT molecular complexity index is 706. The van der Waals surface area contributed by atoms with Crippen LogP contribution in [0.1, 0.15) is 24.1 Å². The van der Waals surface area contributed by atoms with Gasteiger partial charge >= 0.3 is 6.03 Å². The van der Waals surface area contributed by atoms with Crippen LogP contribution in [0.25, 0.3) is 0 Å². The van der Waals surface area contributed by atoms with Crippen molar-refractivity contribution in [2.45, 2.75) is 19.3 Å². The number of ether oxygens (including phenoxy) is 1. The lowest BCUT2D eigenvalue weighted by Crippen LogP contribution is -2.33. The minimum Gasteiger partial charge on any atom is -0.489 e. The van der Waals surface area contributed by atoms with Crippen molar-refractivity contribution in [3.63, 3.8) is 0 Å². The maximum Gasteiger partial charge on any atom is 0.321 e. The molecule has 2 heterocycles. The van der Waals surface area contributed by atoms with Gasteiger partial charge in [-0.1, -0.05) is 17.3 Å². The Balaban J connectivity index is 1.62. The quantitative estimate of drug-likeness (QED) is 0.909. The molecule has 1 aromatic carbocycles. The third-order valence-electron chi connectivity index (χ3n) is 3.85. The van der Waals surface area contributed by atoms with E-state index < -0.39 is 6.67 Å². The molecule has 0 spiro atoms. The molecule has 3 rings (SSSR count). The molecule has 24 heavy (non-hydrogen) atoms. The first kappa shape index (κ1) is 16.2. The molecule has 128 valence electrons. The number of urea groups is 1. The second-order valence-corrected chi connectivity index (χ2v) is 5.57. The second kappa shape index (κ2) is 7.29. The monoisotopic (exact) mass is 334 g/mol. The first-order valence-electron chi connectivity index (χ1n) is 7.81. The lowest BCUT2D eigenvalue weighted by molar-refractivity contribution is 0.221. The third kappa shape index (κ3) is 3.64. The van der Waals surface area contributed by atoms with Crippen molar-refractivity contribution in [1.82, 2.24) is 15.0 Å². The van der Waals surface area contributed by atoms with Crippen LogP contribution >= 0.6 is 0 Å². The van der Waals surface area contributed by atoms with Crippen molar-refractivity contribution in [3.05, 3.63) is 36.0 Å². The molecule has 1 atom stereocenters. The number of hydrogen-bond donors (Lipinski definition) is 1. The number of carbonyl (C=O) groups excluding carboxylic acids is 1. The molecular weight excluding hydrogens is 315 g/mol. The summed E-state index contributed by atoms with van der Waals surface area (Å²) in [4.78, 5) is 18.4. The largest absolute Gasteiger partial charge is 0.489 e. The summed E-state index contributed by atoms with van der Waals surface area (Å²) in [7, 11) is 0. The van der Waals surface area contributed by atoms with E-state index in [9.17, 15) is 9.18 Å². The fraction of sp³-hybridized carbons (Fsp3) is 0.438. The lowest BCUT2D eigenvalue weighted by atomic mass is 10.1. The summed E-state index contributed by atoms with van der Waals surface area (Å²) in [6, 6.07) is 6.75. The van der Waals surface area contributed by atoms with Gasteiger partial charge < -0.3 is 19.5 Å². The molecule has 1 aromatic heterocycles. The van der Waals surface area contributed by atoms with E-state index >= 15 is 0 Å². The SMILES string of the molecule is Cc1nc(C2CCN(C(=O)Nc3ccccc3OCCF)C2)no1. The van der Waals surface area contributed by atoms with Crippen LogP contribution in [0, 0.1) is 6.92 Å². The zero-order valence-corrected chi connectivity index (χ0v) is 13.4. The average Bonchev–Trinajstić information content (AvgIpc) is 3.23. The first-order valence-corrected chi connectivity index (χ1v) is 7.81. The molecule has 2 amide bonds. The molecule has 1 saturated heterocycles. The number of likely N-dealkylation sites (tertiary alicyclic amines) is 1. The van der Waals surface area contributed by atoms with Crippen molar-refractivity contribution >= 4 is 11.7 Å². The Hall–Kier alpha value is -2.64. The van der Waals surface area contributed by atoms with Crippen LogP contribution in [0.2, 0.25) is 0 Å². The van der Waals surface area contributed by atoms with Gasteiger partial charge in [-0.05, 0) is 18.6 Å². The third-order valence-corrected chi connectivity index (χ3v) is 3.85. The number of aromatic nitrogens is 2. The molecule has 1 fully saturated rings. The van der Waals surface area contributed by atoms with Crippen molar-refractivity contribution in [2.75, 3.05) is 31.7 Å². The number of anilines is 1. The topological polar surface area (TPSA) is 80.5 Å². The highest BCUT2D eigenvalue weighted by atomic mass is 19.1. The van der Waals surface area contributed by atoms with E-state index in [1.54, 1.807) is 36.1 Å². The number of para-hydroxylation sites is 2. The normalized spacial score (nSPS) is 17.1. The predicted octanol–water partition coefficient (Wildman–Crippen LogP) is 2.75. The van der Waals surface area contributed by atoms with Gasteiger partial charge in [-0.15, -0.1) is 0 Å². The number of halogens is 1. The van der Waals surface area contributed by atoms with Crippen LogP contribution in [0.3, 0.4) is 0 Å². The molecule has 2 aromatic rings. The second-order valence-electron chi connectivity index (χ2n) is 5.57. The Labute approximate surface area is 138 Å². The standard InChI is InChI=1S/C16H19FN4O3/c1-11-18-15(20-24-11)12-6-8-21(10-12)16(22)19-13-4-2-3-5-14(13)23-9-7-17/h2-5,12H,6-10H2,1H3,(H,19,22). The zero-order valence-electron chi connectivity index (χ0n) is 13.4. The molecule has 0 aliphatic carbocycles. The fourth-order valence-corrected chi connectivity index (χ4v) is 2.67. The first-order chi connectivity index (χ1) is 11.7. The van der Waals surface area contributed by atoms with Crippen LogP contribution in [-0.4, -0.2) is 47.4 Å². The Kier molecular flexibility index (Phi) is 4.93. The number of nitrogens with one attached hydrogen (secondary N) is 1. The number of rotatable bonds is 5. The minimum absolute atomic E-state index is 0.0458. The Morgan fingerprint density at radius 2 is 2.33 bits per heavy atom. The Morgan fingerprint density at radius 3 is 3.08 bits per heavy atom. The van der Waals surface area contributed by atoms with Crippen molar-refractivity contribution in [3.8, 4) is 5.75 Å². The van der Waals surface area contributed by atoms with E-state index in [-0.39, 0.29) is 18.6 Å². The van der Waals surface area contributed by atoms with Crippen LogP contribution in [0.15, 0.2) is 28.8 Å². The van der Waals surface area contributed by atoms with Crippen LogP contribution in [0.5, 0.6) is 5.75 Å². The van der Waals surface area contributed by atoms with Crippen molar-refractivity contribution in [2.24, 2.45) is 0 Å². The van der Waals surface area contributed by atoms with Gasteiger partial charge in [0.2, 0.25) is 5.89 Å². The molecule has 1 aliphatic rings. The van der Waals surface area contributed by atoms with E-state index in [2.05, 4.69) is 15.5 Å². The summed E-state index contributed by atoms with van der Waals surface area (Å²) in [6.07, 6.45) is 0.784. The summed E-state index contributed by atoms with van der Waals surface area (Å²) in [5.74, 6) is 1.68. The van der Waals surface area contributed by atoms with E-state index in [0.717, 1.165) is 6.42 Å². The zero-order chi connectivity index (χ0) is 16.9. The summed E-state index contributed by atoms with van der Waals surface area (Å²) in [5.41, 5.74) is 0.523. The maximum atomic E-state index is 12.4. The van der Waals surface area contributed by atoms with E-state index in [0.29, 0.717) is 36.2 Å². The van der Waals surface area contributed by atoms with Gasteiger partial charge in [-0.3, -0.25) is 0 Å². The highest BCUT2D eigenvalue weighted by Gasteiger charge is 2.30. The van der Waals surface area contributed by atoms with Gasteiger partial charge in [0.05, 0.1) is 5.69 Å². The highest BCUT2D eigenvalue weighted by molar-refractivity contribution is 5.91. The molecule has 0 bridgehead atoms. The number of amides is 2.